The molecule has 3 aromatic rings. The molecule has 3 N–H and O–H groups in total. The average molecular weight is 549 g/mol. The Balaban J connectivity index is 1.70. The standard InChI is InChI=1S/C26H32F3N6O2P/c1-38(2,37)23-18-9-8-17-19(13-31-22(17)23)21-20(26(27,28)29)14-32-25(34-21)33-16-7-3-5-11-35(15-16)12-6-4-10-30-24(18)36/h8-9,13-14,16,31H,3-7,10-12,15H2,1-2H3,(H,30,36)(H,32,33,34)/t16-/m1/s1. The van der Waals surface area contributed by atoms with Crippen LogP contribution in [0.4, 0.5) is 19.1 Å². The molecule has 1 unspecified atom stereocenters. The zero-order valence-corrected chi connectivity index (χ0v) is 22.4. The number of carbonyl (C=O) groups excluding carboxylic acids is 1. The molecule has 0 spiro atoms. The number of carbonyl (C=O) groups is 1. The van der Waals surface area contributed by atoms with Gasteiger partial charge in [0.05, 0.1) is 16.8 Å². The monoisotopic (exact) mass is 548 g/mol. The first-order valence-electron chi connectivity index (χ1n) is 12.9. The number of halogens is 3. The third-order valence-electron chi connectivity index (χ3n) is 7.24. The molecule has 204 valence electrons. The Morgan fingerprint density at radius 2 is 1.84 bits per heavy atom. The Morgan fingerprint density at radius 3 is 2.58 bits per heavy atom. The van der Waals surface area contributed by atoms with E-state index in [1.54, 1.807) is 25.5 Å². The van der Waals surface area contributed by atoms with Gasteiger partial charge in [0, 0.05) is 47.8 Å². The number of hydrogen-bond acceptors (Lipinski definition) is 6. The number of aromatic nitrogens is 3. The van der Waals surface area contributed by atoms with E-state index in [2.05, 4.69) is 30.5 Å². The lowest BCUT2D eigenvalue weighted by molar-refractivity contribution is -0.137. The molecule has 38 heavy (non-hydrogen) atoms. The number of alkyl halides is 3. The third kappa shape index (κ3) is 5.45. The average Bonchev–Trinajstić information content (AvgIpc) is 3.14. The summed E-state index contributed by atoms with van der Waals surface area (Å²) in [5.74, 6) is -0.203. The van der Waals surface area contributed by atoms with Crippen LogP contribution < -0.4 is 15.9 Å². The summed E-state index contributed by atoms with van der Waals surface area (Å²) in [7, 11) is -3.02. The van der Waals surface area contributed by atoms with Crippen molar-refractivity contribution >= 4 is 35.2 Å². The van der Waals surface area contributed by atoms with Crippen LogP contribution in [0.3, 0.4) is 0 Å². The maximum absolute atomic E-state index is 14.1. The van der Waals surface area contributed by atoms with Gasteiger partial charge in [-0.1, -0.05) is 12.5 Å². The fourth-order valence-electron chi connectivity index (χ4n) is 5.47. The van der Waals surface area contributed by atoms with Crippen molar-refractivity contribution in [2.24, 2.45) is 0 Å². The quantitative estimate of drug-likeness (QED) is 0.382. The molecule has 2 aromatic heterocycles. The maximum Gasteiger partial charge on any atom is 0.419 e. The van der Waals surface area contributed by atoms with Crippen molar-refractivity contribution in [1.82, 2.24) is 25.2 Å². The minimum Gasteiger partial charge on any atom is -0.360 e. The van der Waals surface area contributed by atoms with Crippen LogP contribution in [0.1, 0.15) is 48.0 Å². The predicted molar refractivity (Wildman–Crippen MR) is 143 cm³/mol. The minimum atomic E-state index is -4.68. The third-order valence-corrected chi connectivity index (χ3v) is 8.78. The van der Waals surface area contributed by atoms with Crippen LogP contribution in [0, 0.1) is 0 Å². The molecule has 0 aliphatic carbocycles. The van der Waals surface area contributed by atoms with E-state index in [0.717, 1.165) is 57.9 Å². The Kier molecular flexibility index (Phi) is 7.26. The van der Waals surface area contributed by atoms with Crippen molar-refractivity contribution in [3.8, 4) is 11.3 Å². The van der Waals surface area contributed by atoms with Crippen LogP contribution in [0.25, 0.3) is 22.2 Å². The van der Waals surface area contributed by atoms with Gasteiger partial charge in [-0.2, -0.15) is 13.2 Å². The number of nitrogens with one attached hydrogen (secondary N) is 3. The number of nitrogens with zero attached hydrogens (tertiary/aromatic N) is 3. The summed E-state index contributed by atoms with van der Waals surface area (Å²) < 4.78 is 55.7. The van der Waals surface area contributed by atoms with Gasteiger partial charge in [0.15, 0.2) is 0 Å². The van der Waals surface area contributed by atoms with Crippen LogP contribution in [-0.2, 0) is 10.7 Å². The summed E-state index contributed by atoms with van der Waals surface area (Å²) in [6.45, 7) is 6.12. The molecule has 8 nitrogen and oxygen atoms in total. The maximum atomic E-state index is 14.1. The number of aromatic amines is 1. The molecule has 2 atom stereocenters. The van der Waals surface area contributed by atoms with Gasteiger partial charge in [-0.05, 0) is 58.2 Å². The highest BCUT2D eigenvalue weighted by atomic mass is 31.2. The van der Waals surface area contributed by atoms with Crippen LogP contribution in [0.15, 0.2) is 24.5 Å². The molecule has 0 radical (unpaired) electrons. The van der Waals surface area contributed by atoms with Crippen molar-refractivity contribution in [1.29, 1.82) is 0 Å². The van der Waals surface area contributed by atoms with Gasteiger partial charge in [0.1, 0.15) is 12.7 Å². The molecule has 1 aromatic carbocycles. The van der Waals surface area contributed by atoms with Gasteiger partial charge in [-0.3, -0.25) is 4.79 Å². The second-order valence-corrected chi connectivity index (χ2v) is 13.6. The number of fused-ring (bicyclic) bond motifs is 6. The SMILES string of the molecule is CP(C)(=O)c1c2ccc3c(c[nH]c13)-c1nc(ncc1C(F)(F)F)N[C@@H]1CCCCN(CCCCNC2=O)C1. The summed E-state index contributed by atoms with van der Waals surface area (Å²) >= 11 is 0. The van der Waals surface area contributed by atoms with E-state index in [9.17, 15) is 22.5 Å². The van der Waals surface area contributed by atoms with E-state index in [-0.39, 0.29) is 34.7 Å². The molecule has 1 fully saturated rings. The lowest BCUT2D eigenvalue weighted by Gasteiger charge is -2.25. The van der Waals surface area contributed by atoms with Crippen LogP contribution in [-0.4, -0.2) is 71.3 Å². The van der Waals surface area contributed by atoms with E-state index >= 15 is 0 Å². The Labute approximate surface area is 219 Å². The summed E-state index contributed by atoms with van der Waals surface area (Å²) in [4.78, 5) is 26.9. The van der Waals surface area contributed by atoms with Crippen LogP contribution in [0.5, 0.6) is 0 Å². The van der Waals surface area contributed by atoms with Gasteiger partial charge < -0.3 is 25.1 Å². The molecule has 8 bridgehead atoms. The molecule has 5 heterocycles. The molecular formula is C26H32F3N6O2P. The second kappa shape index (κ2) is 10.3. The minimum absolute atomic E-state index is 0.00358. The number of H-pyrrole nitrogens is 1. The number of rotatable bonds is 1. The van der Waals surface area contributed by atoms with E-state index < -0.39 is 18.9 Å². The van der Waals surface area contributed by atoms with Crippen LogP contribution in [0.2, 0.25) is 0 Å². The van der Waals surface area contributed by atoms with Gasteiger partial charge in [0.25, 0.3) is 5.91 Å². The number of anilines is 1. The fourth-order valence-corrected chi connectivity index (χ4v) is 6.95. The largest absolute Gasteiger partial charge is 0.419 e. The molecule has 0 saturated carbocycles. The second-order valence-electron chi connectivity index (χ2n) is 10.5. The molecule has 6 rings (SSSR count). The number of benzene rings is 1. The summed E-state index contributed by atoms with van der Waals surface area (Å²) in [6.07, 6.45) is 2.18. The van der Waals surface area contributed by atoms with Crippen molar-refractivity contribution in [3.05, 3.63) is 35.7 Å². The van der Waals surface area contributed by atoms with E-state index in [1.165, 1.54) is 6.20 Å². The van der Waals surface area contributed by atoms with E-state index in [0.29, 0.717) is 22.8 Å². The Bertz CT molecular complexity index is 1400. The normalized spacial score (nSPS) is 21.4. The van der Waals surface area contributed by atoms with Crippen molar-refractivity contribution in [2.45, 2.75) is 44.3 Å². The number of hydrogen-bond donors (Lipinski definition) is 3. The molecule has 12 heteroatoms. The lowest BCUT2D eigenvalue weighted by atomic mass is 10.0. The fraction of sp³-hybridized carbons (Fsp3) is 0.500. The zero-order chi connectivity index (χ0) is 27.1. The van der Waals surface area contributed by atoms with Gasteiger partial charge in [-0.25, -0.2) is 9.97 Å². The lowest BCUT2D eigenvalue weighted by Crippen LogP contribution is -2.36. The van der Waals surface area contributed by atoms with Gasteiger partial charge in [0.2, 0.25) is 5.95 Å². The number of amides is 1. The topological polar surface area (TPSA) is 103 Å². The highest BCUT2D eigenvalue weighted by Gasteiger charge is 2.37. The predicted octanol–water partition coefficient (Wildman–Crippen LogP) is 4.68. The first-order chi connectivity index (χ1) is 18.0. The van der Waals surface area contributed by atoms with Gasteiger partial charge in [-0.15, -0.1) is 0 Å². The Hall–Kier alpha value is -2.91. The first-order valence-corrected chi connectivity index (χ1v) is 15.5. The van der Waals surface area contributed by atoms with Crippen molar-refractivity contribution in [3.63, 3.8) is 0 Å². The molecule has 1 amide bonds. The van der Waals surface area contributed by atoms with Crippen LogP contribution >= 0.6 is 7.14 Å². The Morgan fingerprint density at radius 1 is 1.08 bits per heavy atom. The van der Waals surface area contributed by atoms with E-state index in [4.69, 9.17) is 0 Å². The molecular weight excluding hydrogens is 516 g/mol. The van der Waals surface area contributed by atoms with E-state index in [1.807, 2.05) is 0 Å². The highest BCUT2D eigenvalue weighted by molar-refractivity contribution is 7.70. The summed E-state index contributed by atoms with van der Waals surface area (Å²) in [5.41, 5.74) is -0.374. The first kappa shape index (κ1) is 26.7. The van der Waals surface area contributed by atoms with Crippen molar-refractivity contribution < 1.29 is 22.5 Å². The highest BCUT2D eigenvalue weighted by Crippen LogP contribution is 2.43. The molecule has 1 saturated heterocycles. The van der Waals surface area contributed by atoms with Gasteiger partial charge >= 0.3 is 6.18 Å². The molecule has 3 aliphatic heterocycles. The summed E-state index contributed by atoms with van der Waals surface area (Å²) in [6, 6.07) is 3.14. The van der Waals surface area contributed by atoms with Crippen molar-refractivity contribution in [2.75, 3.05) is 44.8 Å². The molecule has 3 aliphatic rings. The zero-order valence-electron chi connectivity index (χ0n) is 21.5. The smallest absolute Gasteiger partial charge is 0.360 e. The summed E-state index contributed by atoms with van der Waals surface area (Å²) in [5, 5.41) is 6.96.